The molecular formula is C19H24ClN3O2. The zero-order valence-electron chi connectivity index (χ0n) is 14.7. The van der Waals surface area contributed by atoms with Crippen molar-refractivity contribution in [3.05, 3.63) is 51.8 Å². The Morgan fingerprint density at radius 1 is 1.24 bits per heavy atom. The van der Waals surface area contributed by atoms with Crippen LogP contribution in [-0.2, 0) is 17.9 Å². The van der Waals surface area contributed by atoms with Gasteiger partial charge in [-0.1, -0.05) is 29.8 Å². The summed E-state index contributed by atoms with van der Waals surface area (Å²) in [5.41, 5.74) is 4.48. The van der Waals surface area contributed by atoms with Gasteiger partial charge >= 0.3 is 5.97 Å². The molecule has 6 heteroatoms. The molecule has 0 unspecified atom stereocenters. The van der Waals surface area contributed by atoms with Crippen molar-refractivity contribution in [2.24, 2.45) is 5.92 Å². The van der Waals surface area contributed by atoms with Crippen LogP contribution in [0.25, 0.3) is 0 Å². The van der Waals surface area contributed by atoms with Crippen LogP contribution in [0.2, 0.25) is 5.02 Å². The first kappa shape index (κ1) is 18.0. The molecule has 3 rings (SSSR count). The standard InChI is InChI=1S/C19H24ClN3O2/c1-13-17(12-22-9-7-15(8-10-22)19(24)25)14(2)23(21-13)11-16-5-3-4-6-18(16)20/h3-6,15H,7-12H2,1-2H3,(H,24,25). The molecule has 0 radical (unpaired) electrons. The van der Waals surface area contributed by atoms with E-state index in [1.165, 1.54) is 5.56 Å². The summed E-state index contributed by atoms with van der Waals surface area (Å²) < 4.78 is 2.01. The van der Waals surface area contributed by atoms with Crippen molar-refractivity contribution >= 4 is 17.6 Å². The van der Waals surface area contributed by atoms with Crippen LogP contribution in [0.1, 0.15) is 35.4 Å². The van der Waals surface area contributed by atoms with Crippen molar-refractivity contribution in [3.8, 4) is 0 Å². The third-order valence-electron chi connectivity index (χ3n) is 5.13. The number of aliphatic carboxylic acids is 1. The van der Waals surface area contributed by atoms with Crippen LogP contribution in [-0.4, -0.2) is 38.8 Å². The smallest absolute Gasteiger partial charge is 0.306 e. The molecule has 5 nitrogen and oxygen atoms in total. The summed E-state index contributed by atoms with van der Waals surface area (Å²) in [6.07, 6.45) is 1.45. The van der Waals surface area contributed by atoms with Gasteiger partial charge in [0.05, 0.1) is 18.2 Å². The number of aromatic nitrogens is 2. The minimum atomic E-state index is -0.667. The maximum atomic E-state index is 11.1. The van der Waals surface area contributed by atoms with E-state index in [0.29, 0.717) is 6.54 Å². The zero-order valence-corrected chi connectivity index (χ0v) is 15.5. The van der Waals surface area contributed by atoms with Gasteiger partial charge < -0.3 is 5.11 Å². The normalized spacial score (nSPS) is 16.3. The zero-order chi connectivity index (χ0) is 18.0. The van der Waals surface area contributed by atoms with Crippen LogP contribution in [0.3, 0.4) is 0 Å². The number of aryl methyl sites for hydroxylation is 1. The van der Waals surface area contributed by atoms with Gasteiger partial charge in [0.25, 0.3) is 0 Å². The Balaban J connectivity index is 1.70. The maximum absolute atomic E-state index is 11.1. The van der Waals surface area contributed by atoms with Gasteiger partial charge in [-0.15, -0.1) is 0 Å². The third-order valence-corrected chi connectivity index (χ3v) is 5.50. The van der Waals surface area contributed by atoms with E-state index in [2.05, 4.69) is 11.8 Å². The fraction of sp³-hybridized carbons (Fsp3) is 0.474. The Morgan fingerprint density at radius 3 is 2.56 bits per heavy atom. The Hall–Kier alpha value is -1.85. The molecule has 0 spiro atoms. The highest BCUT2D eigenvalue weighted by Gasteiger charge is 2.25. The number of carboxylic acids is 1. The van der Waals surface area contributed by atoms with Crippen LogP contribution in [0.15, 0.2) is 24.3 Å². The van der Waals surface area contributed by atoms with Crippen LogP contribution >= 0.6 is 11.6 Å². The third kappa shape index (κ3) is 4.05. The van der Waals surface area contributed by atoms with Crippen LogP contribution in [0, 0.1) is 19.8 Å². The first-order valence-electron chi connectivity index (χ1n) is 8.67. The van der Waals surface area contributed by atoms with E-state index in [4.69, 9.17) is 21.8 Å². The average molecular weight is 362 g/mol. The van der Waals surface area contributed by atoms with Crippen molar-refractivity contribution in [3.63, 3.8) is 0 Å². The Kier molecular flexibility index (Phi) is 5.45. The highest BCUT2D eigenvalue weighted by atomic mass is 35.5. The molecule has 0 amide bonds. The lowest BCUT2D eigenvalue weighted by atomic mass is 9.96. The average Bonchev–Trinajstić information content (AvgIpc) is 2.85. The Labute approximate surface area is 153 Å². The van der Waals surface area contributed by atoms with Gasteiger partial charge in [0.1, 0.15) is 0 Å². The number of hydrogen-bond donors (Lipinski definition) is 1. The summed E-state index contributed by atoms with van der Waals surface area (Å²) >= 11 is 6.27. The molecule has 1 N–H and O–H groups in total. The quantitative estimate of drug-likeness (QED) is 0.885. The van der Waals surface area contributed by atoms with E-state index in [9.17, 15) is 4.79 Å². The lowest BCUT2D eigenvalue weighted by molar-refractivity contribution is -0.143. The molecule has 1 aliphatic heterocycles. The molecule has 0 bridgehead atoms. The summed E-state index contributed by atoms with van der Waals surface area (Å²) in [7, 11) is 0. The van der Waals surface area contributed by atoms with Crippen molar-refractivity contribution < 1.29 is 9.90 Å². The number of rotatable bonds is 5. The topological polar surface area (TPSA) is 58.4 Å². The SMILES string of the molecule is Cc1nn(Cc2ccccc2Cl)c(C)c1CN1CCC(C(=O)O)CC1. The van der Waals surface area contributed by atoms with E-state index in [1.807, 2.05) is 35.9 Å². The highest BCUT2D eigenvalue weighted by Crippen LogP contribution is 2.23. The fourth-order valence-electron chi connectivity index (χ4n) is 3.47. The molecule has 0 atom stereocenters. The molecule has 1 aliphatic rings. The molecule has 2 heterocycles. The summed E-state index contributed by atoms with van der Waals surface area (Å²) in [4.78, 5) is 13.4. The second-order valence-electron chi connectivity index (χ2n) is 6.79. The van der Waals surface area contributed by atoms with Gasteiger partial charge in [0, 0.05) is 22.8 Å². The van der Waals surface area contributed by atoms with Crippen molar-refractivity contribution in [2.75, 3.05) is 13.1 Å². The number of carboxylic acid groups (broad SMARTS) is 1. The van der Waals surface area contributed by atoms with Gasteiger partial charge in [-0.2, -0.15) is 5.10 Å². The number of piperidine rings is 1. The van der Waals surface area contributed by atoms with Crippen molar-refractivity contribution in [1.82, 2.24) is 14.7 Å². The molecule has 1 saturated heterocycles. The first-order chi connectivity index (χ1) is 12.0. The maximum Gasteiger partial charge on any atom is 0.306 e. The van der Waals surface area contributed by atoms with E-state index >= 15 is 0 Å². The number of benzene rings is 1. The highest BCUT2D eigenvalue weighted by molar-refractivity contribution is 6.31. The largest absolute Gasteiger partial charge is 0.481 e. The molecule has 1 aromatic heterocycles. The van der Waals surface area contributed by atoms with E-state index in [0.717, 1.165) is 54.4 Å². The van der Waals surface area contributed by atoms with Crippen LogP contribution in [0.4, 0.5) is 0 Å². The van der Waals surface area contributed by atoms with Crippen molar-refractivity contribution in [2.45, 2.75) is 39.8 Å². The number of carbonyl (C=O) groups is 1. The van der Waals surface area contributed by atoms with Gasteiger partial charge in [-0.3, -0.25) is 14.4 Å². The molecular weight excluding hydrogens is 338 g/mol. The van der Waals surface area contributed by atoms with Crippen molar-refractivity contribution in [1.29, 1.82) is 0 Å². The lowest BCUT2D eigenvalue weighted by Crippen LogP contribution is -2.36. The van der Waals surface area contributed by atoms with Gasteiger partial charge in [-0.05, 0) is 51.4 Å². The number of hydrogen-bond acceptors (Lipinski definition) is 3. The number of nitrogens with zero attached hydrogens (tertiary/aromatic N) is 3. The van der Waals surface area contributed by atoms with Crippen LogP contribution < -0.4 is 0 Å². The molecule has 25 heavy (non-hydrogen) atoms. The van der Waals surface area contributed by atoms with Gasteiger partial charge in [0.15, 0.2) is 0 Å². The summed E-state index contributed by atoms with van der Waals surface area (Å²) in [5, 5.41) is 14.6. The van der Waals surface area contributed by atoms with E-state index in [-0.39, 0.29) is 5.92 Å². The summed E-state index contributed by atoms with van der Waals surface area (Å²) in [6.45, 7) is 7.27. The van der Waals surface area contributed by atoms with Crippen LogP contribution in [0.5, 0.6) is 0 Å². The molecule has 1 aromatic carbocycles. The molecule has 0 aliphatic carbocycles. The Bertz CT molecular complexity index is 764. The van der Waals surface area contributed by atoms with E-state index in [1.54, 1.807) is 0 Å². The lowest BCUT2D eigenvalue weighted by Gasteiger charge is -2.30. The summed E-state index contributed by atoms with van der Waals surface area (Å²) in [5.74, 6) is -0.860. The predicted octanol–water partition coefficient (Wildman–Crippen LogP) is 3.50. The number of halogens is 1. The predicted molar refractivity (Wildman–Crippen MR) is 97.9 cm³/mol. The molecule has 0 saturated carbocycles. The second kappa shape index (κ2) is 7.58. The summed E-state index contributed by atoms with van der Waals surface area (Å²) in [6, 6.07) is 7.84. The minimum absolute atomic E-state index is 0.193. The fourth-order valence-corrected chi connectivity index (χ4v) is 3.66. The van der Waals surface area contributed by atoms with Gasteiger partial charge in [0.2, 0.25) is 0 Å². The minimum Gasteiger partial charge on any atom is -0.481 e. The first-order valence-corrected chi connectivity index (χ1v) is 9.05. The molecule has 1 fully saturated rings. The van der Waals surface area contributed by atoms with E-state index < -0.39 is 5.97 Å². The Morgan fingerprint density at radius 2 is 1.92 bits per heavy atom. The number of likely N-dealkylation sites (tertiary alicyclic amines) is 1. The van der Waals surface area contributed by atoms with Gasteiger partial charge in [-0.25, -0.2) is 0 Å². The molecule has 2 aromatic rings. The second-order valence-corrected chi connectivity index (χ2v) is 7.19. The molecule has 134 valence electrons. The monoisotopic (exact) mass is 361 g/mol.